The number of nitriles is 1. The summed E-state index contributed by atoms with van der Waals surface area (Å²) in [7, 11) is 0. The molecule has 2 aromatic rings. The van der Waals surface area contributed by atoms with E-state index in [4.69, 9.17) is 9.47 Å². The van der Waals surface area contributed by atoms with Crippen LogP contribution >= 0.6 is 0 Å². The van der Waals surface area contributed by atoms with Crippen molar-refractivity contribution in [2.45, 2.75) is 83.8 Å². The summed E-state index contributed by atoms with van der Waals surface area (Å²) < 4.78 is 11.1. The first-order valence-corrected chi connectivity index (χ1v) is 13.6. The molecule has 2 aromatic carbocycles. The van der Waals surface area contributed by atoms with Crippen molar-refractivity contribution in [3.63, 3.8) is 0 Å². The molecule has 37 heavy (non-hydrogen) atoms. The van der Waals surface area contributed by atoms with Gasteiger partial charge in [0.05, 0.1) is 12.2 Å². The lowest BCUT2D eigenvalue weighted by molar-refractivity contribution is -0.143. The smallest absolute Gasteiger partial charge is 0.306 e. The van der Waals surface area contributed by atoms with Crippen molar-refractivity contribution >= 4 is 5.97 Å². The minimum atomic E-state index is -0.714. The topological polar surface area (TPSA) is 91.6 Å². The first-order valence-electron chi connectivity index (χ1n) is 13.6. The minimum absolute atomic E-state index is 0.0789. The van der Waals surface area contributed by atoms with Gasteiger partial charge in [0, 0.05) is 18.5 Å². The van der Waals surface area contributed by atoms with Gasteiger partial charge in [0.1, 0.15) is 24.5 Å². The van der Waals surface area contributed by atoms with Gasteiger partial charge in [0.2, 0.25) is 0 Å². The van der Waals surface area contributed by atoms with Gasteiger partial charge >= 0.3 is 5.97 Å². The van der Waals surface area contributed by atoms with Crippen LogP contribution in [0.15, 0.2) is 42.5 Å². The Balaban J connectivity index is 1.43. The Morgan fingerprint density at radius 2 is 1.92 bits per heavy atom. The standard InChI is InChI=1S/C31H42N2O4/c1-4-5-8-15-36-30(35)14-12-23-11-13-27(20-32)29(18-23)37-22-28(34)21-33-31(2,3)19-24-16-25-9-6-7-10-26(25)17-24/h6-7,9-11,13,18,24,28,33-34H,4-5,8,12,14-17,19,21-22H2,1-3H3/t28-/m1/s1. The molecule has 1 atom stereocenters. The Bertz CT molecular complexity index is 1030. The third kappa shape index (κ3) is 9.50. The van der Waals surface area contributed by atoms with E-state index < -0.39 is 6.10 Å². The molecule has 0 aromatic heterocycles. The number of aliphatic hydroxyl groups excluding tert-OH is 1. The van der Waals surface area contributed by atoms with Crippen molar-refractivity contribution in [2.75, 3.05) is 19.8 Å². The fourth-order valence-electron chi connectivity index (χ4n) is 5.02. The number of nitrogens with zero attached hydrogens (tertiary/aromatic N) is 1. The number of hydrogen-bond acceptors (Lipinski definition) is 6. The second kappa shape index (κ2) is 14.2. The van der Waals surface area contributed by atoms with E-state index >= 15 is 0 Å². The van der Waals surface area contributed by atoms with Crippen LogP contribution in [0.5, 0.6) is 5.75 Å². The molecule has 0 aliphatic heterocycles. The molecule has 0 radical (unpaired) electrons. The predicted molar refractivity (Wildman–Crippen MR) is 146 cm³/mol. The van der Waals surface area contributed by atoms with Gasteiger partial charge in [0.15, 0.2) is 0 Å². The highest BCUT2D eigenvalue weighted by Gasteiger charge is 2.28. The van der Waals surface area contributed by atoms with E-state index in [-0.39, 0.29) is 24.5 Å². The lowest BCUT2D eigenvalue weighted by atomic mass is 9.88. The van der Waals surface area contributed by atoms with Crippen molar-refractivity contribution < 1.29 is 19.4 Å². The zero-order valence-electron chi connectivity index (χ0n) is 22.6. The third-order valence-electron chi connectivity index (χ3n) is 6.98. The fraction of sp³-hybridized carbons (Fsp3) is 0.548. The van der Waals surface area contributed by atoms with Crippen LogP contribution in [0, 0.1) is 17.2 Å². The van der Waals surface area contributed by atoms with Crippen LogP contribution in [0.25, 0.3) is 0 Å². The summed E-state index contributed by atoms with van der Waals surface area (Å²) in [6, 6.07) is 16.1. The van der Waals surface area contributed by atoms with E-state index in [1.807, 2.05) is 6.07 Å². The summed E-state index contributed by atoms with van der Waals surface area (Å²) in [5.41, 5.74) is 4.10. The average molecular weight is 507 g/mol. The first-order chi connectivity index (χ1) is 17.8. The molecule has 0 fully saturated rings. The van der Waals surface area contributed by atoms with Gasteiger partial charge in [0.25, 0.3) is 0 Å². The highest BCUT2D eigenvalue weighted by molar-refractivity contribution is 5.69. The number of fused-ring (bicyclic) bond motifs is 1. The molecule has 0 unspecified atom stereocenters. The molecule has 0 saturated carbocycles. The van der Waals surface area contributed by atoms with Gasteiger partial charge in [-0.25, -0.2) is 0 Å². The van der Waals surface area contributed by atoms with Gasteiger partial charge in [-0.2, -0.15) is 5.26 Å². The number of benzene rings is 2. The molecule has 1 aliphatic carbocycles. The van der Waals surface area contributed by atoms with Crippen LogP contribution in [-0.2, 0) is 28.8 Å². The minimum Gasteiger partial charge on any atom is -0.489 e. The Morgan fingerprint density at radius 1 is 1.19 bits per heavy atom. The summed E-state index contributed by atoms with van der Waals surface area (Å²) >= 11 is 0. The van der Waals surface area contributed by atoms with Crippen LogP contribution in [0.2, 0.25) is 0 Å². The van der Waals surface area contributed by atoms with E-state index in [2.05, 4.69) is 56.4 Å². The normalized spacial score (nSPS) is 14.1. The molecular formula is C31H42N2O4. The number of esters is 1. The van der Waals surface area contributed by atoms with E-state index in [1.54, 1.807) is 12.1 Å². The Hall–Kier alpha value is -2.88. The van der Waals surface area contributed by atoms with E-state index in [9.17, 15) is 15.2 Å². The molecule has 0 amide bonds. The lowest BCUT2D eigenvalue weighted by Crippen LogP contribution is -2.46. The second-order valence-corrected chi connectivity index (χ2v) is 10.8. The van der Waals surface area contributed by atoms with Crippen LogP contribution in [-0.4, -0.2) is 42.5 Å². The highest BCUT2D eigenvalue weighted by atomic mass is 16.5. The maximum absolute atomic E-state index is 12.0. The third-order valence-corrected chi connectivity index (χ3v) is 6.98. The maximum Gasteiger partial charge on any atom is 0.306 e. The monoisotopic (exact) mass is 506 g/mol. The number of rotatable bonds is 15. The molecule has 0 bridgehead atoms. The van der Waals surface area contributed by atoms with Crippen molar-refractivity contribution in [3.05, 3.63) is 64.7 Å². The fourth-order valence-corrected chi connectivity index (χ4v) is 5.02. The van der Waals surface area contributed by atoms with Crippen molar-refractivity contribution in [1.82, 2.24) is 5.32 Å². The summed E-state index contributed by atoms with van der Waals surface area (Å²) in [6.07, 6.45) is 6.35. The number of hydrogen-bond donors (Lipinski definition) is 2. The quantitative estimate of drug-likeness (QED) is 0.257. The molecule has 1 aliphatic rings. The Labute approximate surface area is 222 Å². The van der Waals surface area contributed by atoms with Crippen molar-refractivity contribution in [1.29, 1.82) is 5.26 Å². The molecule has 3 rings (SSSR count). The van der Waals surface area contributed by atoms with E-state index in [0.29, 0.717) is 36.8 Å². The van der Waals surface area contributed by atoms with E-state index in [1.165, 1.54) is 11.1 Å². The number of unbranched alkanes of at least 4 members (excludes halogenated alkanes) is 2. The molecular weight excluding hydrogens is 464 g/mol. The Morgan fingerprint density at radius 3 is 2.59 bits per heavy atom. The lowest BCUT2D eigenvalue weighted by Gasteiger charge is -2.30. The SMILES string of the molecule is CCCCCOC(=O)CCc1ccc(C#N)c(OC[C@H](O)CNC(C)(C)CC2Cc3ccccc3C2)c1. The van der Waals surface area contributed by atoms with Crippen LogP contribution in [0.4, 0.5) is 0 Å². The van der Waals surface area contributed by atoms with Crippen LogP contribution in [0.3, 0.4) is 0 Å². The zero-order chi connectivity index (χ0) is 26.7. The largest absolute Gasteiger partial charge is 0.489 e. The van der Waals surface area contributed by atoms with Crippen molar-refractivity contribution in [3.8, 4) is 11.8 Å². The summed E-state index contributed by atoms with van der Waals surface area (Å²) in [5, 5.41) is 23.5. The summed E-state index contributed by atoms with van der Waals surface area (Å²) in [4.78, 5) is 12.0. The van der Waals surface area contributed by atoms with Gasteiger partial charge in [-0.3, -0.25) is 4.79 Å². The zero-order valence-corrected chi connectivity index (χ0v) is 22.6. The molecule has 2 N–H and O–H groups in total. The highest BCUT2D eigenvalue weighted by Crippen LogP contribution is 2.32. The molecule has 0 saturated heterocycles. The van der Waals surface area contributed by atoms with Gasteiger partial charge < -0.3 is 19.9 Å². The number of ether oxygens (including phenoxy) is 2. The van der Waals surface area contributed by atoms with Crippen molar-refractivity contribution in [2.24, 2.45) is 5.92 Å². The number of aryl methyl sites for hydroxylation is 1. The van der Waals surface area contributed by atoms with Crippen LogP contribution < -0.4 is 10.1 Å². The number of carbonyl (C=O) groups is 1. The molecule has 6 heteroatoms. The molecule has 0 spiro atoms. The molecule has 0 heterocycles. The maximum atomic E-state index is 12.0. The average Bonchev–Trinajstić information content (AvgIpc) is 3.29. The first kappa shape index (κ1) is 28.7. The van der Waals surface area contributed by atoms with Gasteiger partial charge in [-0.15, -0.1) is 0 Å². The molecule has 200 valence electrons. The number of carbonyl (C=O) groups excluding carboxylic acids is 1. The predicted octanol–water partition coefficient (Wildman–Crippen LogP) is 5.14. The number of β-amino-alcohol motifs (C(OH)–C–C–N with tert-alkyl or cyclic N) is 1. The Kier molecular flexibility index (Phi) is 11.0. The number of aliphatic hydroxyl groups is 1. The molecule has 6 nitrogen and oxygen atoms in total. The summed E-state index contributed by atoms with van der Waals surface area (Å²) in [6.45, 7) is 7.41. The second-order valence-electron chi connectivity index (χ2n) is 10.8. The van der Waals surface area contributed by atoms with E-state index in [0.717, 1.165) is 44.1 Å². The number of nitrogens with one attached hydrogen (secondary N) is 1. The summed E-state index contributed by atoms with van der Waals surface area (Å²) in [5.74, 6) is 0.815. The van der Waals surface area contributed by atoms with Gasteiger partial charge in [-0.05, 0) is 80.7 Å². The van der Waals surface area contributed by atoms with Crippen LogP contribution in [0.1, 0.15) is 75.1 Å². The van der Waals surface area contributed by atoms with Gasteiger partial charge in [-0.1, -0.05) is 50.1 Å².